The number of anilines is 1. The van der Waals surface area contributed by atoms with Crippen molar-refractivity contribution in [3.05, 3.63) is 64.6 Å². The Balaban J connectivity index is 1.56. The van der Waals surface area contributed by atoms with Crippen LogP contribution in [-0.2, 0) is 17.9 Å². The number of amides is 1. The monoisotopic (exact) mass is 464 g/mol. The number of nitrogens with one attached hydrogen (secondary N) is 1. The van der Waals surface area contributed by atoms with Gasteiger partial charge in [0.15, 0.2) is 11.0 Å². The minimum Gasteiger partial charge on any atom is -0.486 e. The summed E-state index contributed by atoms with van der Waals surface area (Å²) in [6.45, 7) is 2.82. The molecule has 2 aromatic carbocycles. The summed E-state index contributed by atoms with van der Waals surface area (Å²) in [5.41, 5.74) is 0.735. The largest absolute Gasteiger partial charge is 0.486 e. The van der Waals surface area contributed by atoms with Crippen molar-refractivity contribution in [1.82, 2.24) is 14.8 Å². The molecule has 0 unspecified atom stereocenters. The van der Waals surface area contributed by atoms with Gasteiger partial charge in [-0.15, -0.1) is 10.2 Å². The summed E-state index contributed by atoms with van der Waals surface area (Å²) in [6.07, 6.45) is 0. The lowest BCUT2D eigenvalue weighted by atomic mass is 10.3. The first-order chi connectivity index (χ1) is 13.5. The van der Waals surface area contributed by atoms with E-state index in [4.69, 9.17) is 4.74 Å². The van der Waals surface area contributed by atoms with Crippen LogP contribution in [0.4, 0.5) is 10.1 Å². The zero-order valence-electron chi connectivity index (χ0n) is 15.1. The lowest BCUT2D eigenvalue weighted by Gasteiger charge is -2.09. The number of benzene rings is 2. The minimum absolute atomic E-state index is 0.123. The molecule has 3 aromatic rings. The highest BCUT2D eigenvalue weighted by atomic mass is 79.9. The van der Waals surface area contributed by atoms with Gasteiger partial charge in [-0.25, -0.2) is 4.39 Å². The van der Waals surface area contributed by atoms with Crippen LogP contribution in [-0.4, -0.2) is 26.4 Å². The van der Waals surface area contributed by atoms with Gasteiger partial charge >= 0.3 is 0 Å². The van der Waals surface area contributed by atoms with Crippen LogP contribution in [0.2, 0.25) is 0 Å². The van der Waals surface area contributed by atoms with Gasteiger partial charge in [0.25, 0.3) is 0 Å². The predicted molar refractivity (Wildman–Crippen MR) is 110 cm³/mol. The van der Waals surface area contributed by atoms with Crippen LogP contribution in [0.3, 0.4) is 0 Å². The Morgan fingerprint density at radius 2 is 1.89 bits per heavy atom. The highest BCUT2D eigenvalue weighted by molar-refractivity contribution is 9.10. The predicted octanol–water partition coefficient (Wildman–Crippen LogP) is 4.51. The maximum absolute atomic E-state index is 13.0. The van der Waals surface area contributed by atoms with Crippen molar-refractivity contribution in [3.8, 4) is 5.75 Å². The summed E-state index contributed by atoms with van der Waals surface area (Å²) in [5, 5.41) is 11.8. The molecule has 9 heteroatoms. The zero-order chi connectivity index (χ0) is 19.9. The number of carbonyl (C=O) groups excluding carboxylic acids is 1. The molecule has 0 aliphatic heterocycles. The quantitative estimate of drug-likeness (QED) is 0.496. The molecule has 0 saturated heterocycles. The number of rotatable bonds is 8. The van der Waals surface area contributed by atoms with Crippen molar-refractivity contribution < 1.29 is 13.9 Å². The van der Waals surface area contributed by atoms with Gasteiger partial charge in [-0.1, -0.05) is 27.7 Å². The Hall–Kier alpha value is -2.39. The van der Waals surface area contributed by atoms with E-state index < -0.39 is 0 Å². The molecule has 0 atom stereocenters. The number of nitrogens with zero attached hydrogens (tertiary/aromatic N) is 3. The number of hydrogen-bond donors (Lipinski definition) is 1. The third-order valence-corrected chi connectivity index (χ3v) is 5.25. The standard InChI is InChI=1S/C19H18BrFN4O2S/c1-2-25-17(11-27-16-9-5-14(21)6-10-16)23-24-19(25)28-12-18(26)22-15-7-3-13(20)4-8-15/h3-10H,2,11-12H2,1H3,(H,22,26). The van der Waals surface area contributed by atoms with Crippen LogP contribution >= 0.6 is 27.7 Å². The smallest absolute Gasteiger partial charge is 0.234 e. The maximum atomic E-state index is 13.0. The number of aromatic nitrogens is 3. The molecule has 1 aromatic heterocycles. The average molecular weight is 465 g/mol. The Labute approximate surface area is 174 Å². The van der Waals surface area contributed by atoms with E-state index in [9.17, 15) is 9.18 Å². The number of carbonyl (C=O) groups is 1. The molecule has 6 nitrogen and oxygen atoms in total. The molecule has 1 heterocycles. The minimum atomic E-state index is -0.316. The topological polar surface area (TPSA) is 69.0 Å². The lowest BCUT2D eigenvalue weighted by Crippen LogP contribution is -2.14. The number of hydrogen-bond acceptors (Lipinski definition) is 5. The average Bonchev–Trinajstić information content (AvgIpc) is 3.09. The summed E-state index contributed by atoms with van der Waals surface area (Å²) >= 11 is 4.67. The second-order valence-corrected chi connectivity index (χ2v) is 7.59. The van der Waals surface area contributed by atoms with E-state index in [1.165, 1.54) is 23.9 Å². The van der Waals surface area contributed by atoms with Gasteiger partial charge in [-0.05, 0) is 55.5 Å². The van der Waals surface area contributed by atoms with Gasteiger partial charge in [0.2, 0.25) is 5.91 Å². The Kier molecular flexibility index (Phi) is 7.05. The molecular formula is C19H18BrFN4O2S. The molecule has 0 aliphatic carbocycles. The Morgan fingerprint density at radius 3 is 2.57 bits per heavy atom. The van der Waals surface area contributed by atoms with Crippen LogP contribution in [0.15, 0.2) is 58.2 Å². The van der Waals surface area contributed by atoms with Gasteiger partial charge < -0.3 is 14.6 Å². The summed E-state index contributed by atoms with van der Waals surface area (Å²) < 4.78 is 21.4. The molecule has 0 radical (unpaired) electrons. The summed E-state index contributed by atoms with van der Waals surface area (Å²) in [4.78, 5) is 12.2. The Bertz CT molecular complexity index is 932. The van der Waals surface area contributed by atoms with Gasteiger partial charge in [0, 0.05) is 16.7 Å². The number of thioether (sulfide) groups is 1. The second kappa shape index (κ2) is 9.70. The van der Waals surface area contributed by atoms with E-state index in [0.29, 0.717) is 23.3 Å². The highest BCUT2D eigenvalue weighted by Gasteiger charge is 2.14. The molecule has 1 N–H and O–H groups in total. The van der Waals surface area contributed by atoms with Gasteiger partial charge in [-0.2, -0.15) is 0 Å². The molecule has 0 aliphatic rings. The van der Waals surface area contributed by atoms with Crippen LogP contribution in [0.5, 0.6) is 5.75 Å². The van der Waals surface area contributed by atoms with Gasteiger partial charge in [0.05, 0.1) is 5.75 Å². The van der Waals surface area contributed by atoms with E-state index in [1.807, 2.05) is 35.8 Å². The third-order valence-electron chi connectivity index (χ3n) is 3.75. The molecule has 3 rings (SSSR count). The normalized spacial score (nSPS) is 10.7. The zero-order valence-corrected chi connectivity index (χ0v) is 17.5. The van der Waals surface area contributed by atoms with E-state index in [2.05, 4.69) is 31.4 Å². The fraction of sp³-hybridized carbons (Fsp3) is 0.211. The molecule has 28 heavy (non-hydrogen) atoms. The fourth-order valence-corrected chi connectivity index (χ4v) is 3.47. The molecule has 0 spiro atoms. The van der Waals surface area contributed by atoms with Crippen molar-refractivity contribution >= 4 is 39.3 Å². The molecular weight excluding hydrogens is 447 g/mol. The highest BCUT2D eigenvalue weighted by Crippen LogP contribution is 2.20. The van der Waals surface area contributed by atoms with E-state index in [-0.39, 0.29) is 24.1 Å². The first kappa shape index (κ1) is 20.3. The van der Waals surface area contributed by atoms with Gasteiger partial charge in [0.1, 0.15) is 18.2 Å². The van der Waals surface area contributed by atoms with Crippen molar-refractivity contribution in [2.24, 2.45) is 0 Å². The van der Waals surface area contributed by atoms with Crippen molar-refractivity contribution in [1.29, 1.82) is 0 Å². The SMILES string of the molecule is CCn1c(COc2ccc(F)cc2)nnc1SCC(=O)Nc1ccc(Br)cc1. The molecule has 0 bridgehead atoms. The van der Waals surface area contributed by atoms with E-state index in [1.54, 1.807) is 12.1 Å². The first-order valence-electron chi connectivity index (χ1n) is 8.54. The van der Waals surface area contributed by atoms with Crippen LogP contribution in [0.25, 0.3) is 0 Å². The van der Waals surface area contributed by atoms with Crippen molar-refractivity contribution in [2.75, 3.05) is 11.1 Å². The summed E-state index contributed by atoms with van der Waals surface area (Å²) in [5.74, 6) is 0.969. The van der Waals surface area contributed by atoms with Crippen molar-refractivity contribution in [2.45, 2.75) is 25.2 Å². The maximum Gasteiger partial charge on any atom is 0.234 e. The molecule has 0 fully saturated rings. The van der Waals surface area contributed by atoms with Crippen LogP contribution in [0.1, 0.15) is 12.7 Å². The first-order valence-corrected chi connectivity index (χ1v) is 10.3. The number of halogens is 2. The van der Waals surface area contributed by atoms with Crippen LogP contribution < -0.4 is 10.1 Å². The third kappa shape index (κ3) is 5.56. The summed E-state index contributed by atoms with van der Waals surface area (Å²) in [7, 11) is 0. The molecule has 0 saturated carbocycles. The van der Waals surface area contributed by atoms with Crippen LogP contribution in [0, 0.1) is 5.82 Å². The van der Waals surface area contributed by atoms with E-state index >= 15 is 0 Å². The second-order valence-electron chi connectivity index (χ2n) is 5.73. The van der Waals surface area contributed by atoms with Crippen molar-refractivity contribution in [3.63, 3.8) is 0 Å². The summed E-state index contributed by atoms with van der Waals surface area (Å²) in [6, 6.07) is 13.2. The fourth-order valence-electron chi connectivity index (χ4n) is 2.39. The lowest BCUT2D eigenvalue weighted by molar-refractivity contribution is -0.113. The number of ether oxygens (including phenoxy) is 1. The van der Waals surface area contributed by atoms with Gasteiger partial charge in [-0.3, -0.25) is 4.79 Å². The van der Waals surface area contributed by atoms with E-state index in [0.717, 1.165) is 10.2 Å². The molecule has 146 valence electrons. The Morgan fingerprint density at radius 1 is 1.18 bits per heavy atom. The molecule has 1 amide bonds.